The lowest BCUT2D eigenvalue weighted by Crippen LogP contribution is -1.93. The highest BCUT2D eigenvalue weighted by atomic mass is 16.6. The molecule has 6 nitrogen and oxygen atoms in total. The lowest BCUT2D eigenvalue weighted by atomic mass is 10.3. The third kappa shape index (κ3) is 2.30. The SMILES string of the molecule is O=[N+]([O-])/C=C/c1cn(-c2ccccc2)nn1. The van der Waals surface area contributed by atoms with Gasteiger partial charge in [-0.3, -0.25) is 10.1 Å². The average molecular weight is 216 g/mol. The zero-order valence-corrected chi connectivity index (χ0v) is 8.22. The molecule has 0 unspecified atom stereocenters. The van der Waals surface area contributed by atoms with Gasteiger partial charge in [0.2, 0.25) is 6.20 Å². The molecule has 0 saturated heterocycles. The molecule has 2 aromatic rings. The number of rotatable bonds is 3. The van der Waals surface area contributed by atoms with Gasteiger partial charge in [0.15, 0.2) is 0 Å². The van der Waals surface area contributed by atoms with Crippen molar-refractivity contribution in [2.75, 3.05) is 0 Å². The first-order chi connectivity index (χ1) is 7.75. The Morgan fingerprint density at radius 1 is 1.31 bits per heavy atom. The molecular weight excluding hydrogens is 208 g/mol. The average Bonchev–Trinajstić information content (AvgIpc) is 2.76. The van der Waals surface area contributed by atoms with Crippen LogP contribution >= 0.6 is 0 Å². The van der Waals surface area contributed by atoms with Crippen molar-refractivity contribution in [3.8, 4) is 5.69 Å². The highest BCUT2D eigenvalue weighted by Crippen LogP contribution is 2.06. The van der Waals surface area contributed by atoms with E-state index in [1.807, 2.05) is 30.3 Å². The van der Waals surface area contributed by atoms with Gasteiger partial charge in [0.1, 0.15) is 5.69 Å². The molecule has 0 fully saturated rings. The summed E-state index contributed by atoms with van der Waals surface area (Å²) in [6.07, 6.45) is 3.75. The molecule has 1 heterocycles. The van der Waals surface area contributed by atoms with E-state index in [1.54, 1.807) is 10.9 Å². The molecular formula is C10H8N4O2. The highest BCUT2D eigenvalue weighted by Gasteiger charge is 2.00. The Kier molecular flexibility index (Phi) is 2.73. The second-order valence-electron chi connectivity index (χ2n) is 3.02. The van der Waals surface area contributed by atoms with E-state index in [0.717, 1.165) is 11.9 Å². The summed E-state index contributed by atoms with van der Waals surface area (Å²) in [5.74, 6) is 0. The summed E-state index contributed by atoms with van der Waals surface area (Å²) < 4.78 is 1.56. The Morgan fingerprint density at radius 2 is 2.06 bits per heavy atom. The molecule has 0 aliphatic rings. The van der Waals surface area contributed by atoms with E-state index in [9.17, 15) is 10.1 Å². The molecule has 0 N–H and O–H groups in total. The van der Waals surface area contributed by atoms with Gasteiger partial charge in [-0.25, -0.2) is 4.68 Å². The van der Waals surface area contributed by atoms with Gasteiger partial charge in [0.05, 0.1) is 16.8 Å². The van der Waals surface area contributed by atoms with Gasteiger partial charge in [-0.15, -0.1) is 5.10 Å². The van der Waals surface area contributed by atoms with Crippen molar-refractivity contribution < 1.29 is 4.92 Å². The Labute approximate surface area is 91.0 Å². The molecule has 1 aromatic heterocycles. The molecule has 80 valence electrons. The Hall–Kier alpha value is -2.50. The summed E-state index contributed by atoms with van der Waals surface area (Å²) in [6.45, 7) is 0. The molecule has 0 amide bonds. The third-order valence-electron chi connectivity index (χ3n) is 1.90. The smallest absolute Gasteiger partial charge is 0.236 e. The molecule has 0 bridgehead atoms. The van der Waals surface area contributed by atoms with Crippen LogP contribution < -0.4 is 0 Å². The van der Waals surface area contributed by atoms with Gasteiger partial charge < -0.3 is 0 Å². The van der Waals surface area contributed by atoms with Crippen LogP contribution in [-0.2, 0) is 0 Å². The molecule has 0 aliphatic heterocycles. The van der Waals surface area contributed by atoms with Crippen LogP contribution in [0.4, 0.5) is 0 Å². The fraction of sp³-hybridized carbons (Fsp3) is 0. The molecule has 16 heavy (non-hydrogen) atoms. The van der Waals surface area contributed by atoms with Crippen LogP contribution in [0.15, 0.2) is 42.7 Å². The topological polar surface area (TPSA) is 73.8 Å². The van der Waals surface area contributed by atoms with Crippen molar-refractivity contribution in [1.29, 1.82) is 0 Å². The second-order valence-corrected chi connectivity index (χ2v) is 3.02. The standard InChI is InChI=1S/C10H8N4O2/c15-14(16)7-6-9-8-13(12-11-9)10-4-2-1-3-5-10/h1-8H/b7-6+. The quantitative estimate of drug-likeness (QED) is 0.575. The summed E-state index contributed by atoms with van der Waals surface area (Å²) in [7, 11) is 0. The summed E-state index contributed by atoms with van der Waals surface area (Å²) in [5.41, 5.74) is 1.30. The Morgan fingerprint density at radius 3 is 2.75 bits per heavy atom. The van der Waals surface area contributed by atoms with E-state index in [0.29, 0.717) is 5.69 Å². The Bertz CT molecular complexity index is 519. The number of nitrogens with zero attached hydrogens (tertiary/aromatic N) is 4. The van der Waals surface area contributed by atoms with Gasteiger partial charge >= 0.3 is 0 Å². The normalized spacial score (nSPS) is 10.8. The zero-order valence-electron chi connectivity index (χ0n) is 8.22. The largest absolute Gasteiger partial charge is 0.259 e. The summed E-state index contributed by atoms with van der Waals surface area (Å²) >= 11 is 0. The van der Waals surface area contributed by atoms with Gasteiger partial charge in [-0.1, -0.05) is 23.4 Å². The van der Waals surface area contributed by atoms with Gasteiger partial charge in [-0.05, 0) is 12.1 Å². The molecule has 0 radical (unpaired) electrons. The number of hydrogen-bond donors (Lipinski definition) is 0. The third-order valence-corrected chi connectivity index (χ3v) is 1.90. The molecule has 0 spiro atoms. The van der Waals surface area contributed by atoms with E-state index in [4.69, 9.17) is 0 Å². The van der Waals surface area contributed by atoms with Gasteiger partial charge in [0, 0.05) is 6.08 Å². The molecule has 0 saturated carbocycles. The second kappa shape index (κ2) is 4.35. The van der Waals surface area contributed by atoms with Crippen LogP contribution in [0.5, 0.6) is 0 Å². The molecule has 6 heteroatoms. The van der Waals surface area contributed by atoms with Crippen LogP contribution in [0.3, 0.4) is 0 Å². The first-order valence-corrected chi connectivity index (χ1v) is 4.55. The van der Waals surface area contributed by atoms with Crippen molar-refractivity contribution in [3.05, 3.63) is 58.5 Å². The van der Waals surface area contributed by atoms with Gasteiger partial charge in [0.25, 0.3) is 0 Å². The molecule has 2 rings (SSSR count). The predicted octanol–water partition coefficient (Wildman–Crippen LogP) is 1.51. The van der Waals surface area contributed by atoms with Crippen molar-refractivity contribution in [2.24, 2.45) is 0 Å². The lowest BCUT2D eigenvalue weighted by Gasteiger charge is -1.96. The number of para-hydroxylation sites is 1. The van der Waals surface area contributed by atoms with Crippen molar-refractivity contribution in [1.82, 2.24) is 15.0 Å². The van der Waals surface area contributed by atoms with E-state index in [-0.39, 0.29) is 0 Å². The number of benzene rings is 1. The van der Waals surface area contributed by atoms with E-state index < -0.39 is 4.92 Å². The maximum Gasteiger partial charge on any atom is 0.236 e. The van der Waals surface area contributed by atoms with Gasteiger partial charge in [-0.2, -0.15) is 0 Å². The highest BCUT2D eigenvalue weighted by molar-refractivity contribution is 5.42. The molecule has 1 aromatic carbocycles. The van der Waals surface area contributed by atoms with Crippen LogP contribution in [0.2, 0.25) is 0 Å². The Balaban J connectivity index is 2.23. The minimum Gasteiger partial charge on any atom is -0.259 e. The van der Waals surface area contributed by atoms with Crippen molar-refractivity contribution in [2.45, 2.75) is 0 Å². The maximum absolute atomic E-state index is 10.1. The van der Waals surface area contributed by atoms with Crippen LogP contribution in [-0.4, -0.2) is 19.9 Å². The fourth-order valence-electron chi connectivity index (χ4n) is 1.20. The fourth-order valence-corrected chi connectivity index (χ4v) is 1.20. The molecule has 0 aliphatic carbocycles. The zero-order chi connectivity index (χ0) is 11.4. The number of nitro groups is 1. The van der Waals surface area contributed by atoms with Crippen LogP contribution in [0.1, 0.15) is 5.69 Å². The number of aromatic nitrogens is 3. The first kappa shape index (κ1) is 10.0. The molecule has 0 atom stereocenters. The summed E-state index contributed by atoms with van der Waals surface area (Å²) in [4.78, 5) is 9.57. The predicted molar refractivity (Wildman–Crippen MR) is 57.4 cm³/mol. The lowest BCUT2D eigenvalue weighted by molar-refractivity contribution is -0.401. The van der Waals surface area contributed by atoms with Crippen LogP contribution in [0, 0.1) is 10.1 Å². The van der Waals surface area contributed by atoms with Crippen LogP contribution in [0.25, 0.3) is 11.8 Å². The van der Waals surface area contributed by atoms with E-state index >= 15 is 0 Å². The van der Waals surface area contributed by atoms with Crippen molar-refractivity contribution >= 4 is 6.08 Å². The van der Waals surface area contributed by atoms with E-state index in [1.165, 1.54) is 6.08 Å². The van der Waals surface area contributed by atoms with E-state index in [2.05, 4.69) is 10.3 Å². The summed E-state index contributed by atoms with van der Waals surface area (Å²) in [5, 5.41) is 17.8. The minimum absolute atomic E-state index is 0.445. The monoisotopic (exact) mass is 216 g/mol. The maximum atomic E-state index is 10.1. The summed E-state index contributed by atoms with van der Waals surface area (Å²) in [6, 6.07) is 9.40. The first-order valence-electron chi connectivity index (χ1n) is 4.55. The number of hydrogen-bond acceptors (Lipinski definition) is 4. The minimum atomic E-state index is -0.540. The van der Waals surface area contributed by atoms with Crippen molar-refractivity contribution in [3.63, 3.8) is 0 Å².